The summed E-state index contributed by atoms with van der Waals surface area (Å²) < 4.78 is 10.2. The van der Waals surface area contributed by atoms with Gasteiger partial charge in [0.05, 0.1) is 6.61 Å². The van der Waals surface area contributed by atoms with Gasteiger partial charge in [-0.25, -0.2) is 9.59 Å². The van der Waals surface area contributed by atoms with Crippen molar-refractivity contribution in [3.05, 3.63) is 93.8 Å². The van der Waals surface area contributed by atoms with E-state index in [9.17, 15) is 14.4 Å². The molecule has 0 saturated heterocycles. The standard InChI is InChI=1S/C21H16O5/c1-2-25-20(23)18-16(19(22)15-11-7-4-8-12-15)13-17(26-21(18)24)14-9-5-3-6-10-14/h3-13H,2H2,1H3. The Hall–Kier alpha value is -3.47. The molecule has 2 aromatic carbocycles. The minimum Gasteiger partial charge on any atom is -0.462 e. The number of esters is 1. The van der Waals surface area contributed by atoms with Crippen molar-refractivity contribution in [3.8, 4) is 11.3 Å². The lowest BCUT2D eigenvalue weighted by molar-refractivity contribution is 0.0518. The number of hydrogen-bond acceptors (Lipinski definition) is 5. The van der Waals surface area contributed by atoms with E-state index in [1.54, 1.807) is 61.5 Å². The minimum atomic E-state index is -0.899. The highest BCUT2D eigenvalue weighted by Gasteiger charge is 2.25. The molecule has 0 unspecified atom stereocenters. The molecule has 26 heavy (non-hydrogen) atoms. The van der Waals surface area contributed by atoms with Crippen molar-refractivity contribution in [2.45, 2.75) is 6.92 Å². The van der Waals surface area contributed by atoms with Crippen molar-refractivity contribution in [1.82, 2.24) is 0 Å². The van der Waals surface area contributed by atoms with Crippen molar-refractivity contribution in [1.29, 1.82) is 0 Å². The van der Waals surface area contributed by atoms with Crippen LogP contribution in [0.5, 0.6) is 0 Å². The maximum Gasteiger partial charge on any atom is 0.351 e. The minimum absolute atomic E-state index is 0.0373. The van der Waals surface area contributed by atoms with Gasteiger partial charge < -0.3 is 9.15 Å². The molecular weight excluding hydrogens is 332 g/mol. The van der Waals surface area contributed by atoms with Crippen LogP contribution in [0.15, 0.2) is 75.9 Å². The van der Waals surface area contributed by atoms with Crippen molar-refractivity contribution < 1.29 is 18.7 Å². The number of benzene rings is 2. The lowest BCUT2D eigenvalue weighted by Crippen LogP contribution is -2.22. The van der Waals surface area contributed by atoms with Gasteiger partial charge in [-0.1, -0.05) is 60.7 Å². The van der Waals surface area contributed by atoms with Crippen molar-refractivity contribution in [3.63, 3.8) is 0 Å². The normalized spacial score (nSPS) is 10.3. The van der Waals surface area contributed by atoms with Crippen LogP contribution in [0.2, 0.25) is 0 Å². The van der Waals surface area contributed by atoms with Crippen LogP contribution >= 0.6 is 0 Å². The second-order valence-electron chi connectivity index (χ2n) is 5.47. The average molecular weight is 348 g/mol. The zero-order chi connectivity index (χ0) is 18.5. The third kappa shape index (κ3) is 3.47. The van der Waals surface area contributed by atoms with Gasteiger partial charge in [0.2, 0.25) is 0 Å². The van der Waals surface area contributed by atoms with E-state index < -0.39 is 17.4 Å². The van der Waals surface area contributed by atoms with Gasteiger partial charge >= 0.3 is 11.6 Å². The summed E-state index contributed by atoms with van der Waals surface area (Å²) in [5.41, 5.74) is -0.334. The third-order valence-corrected chi connectivity index (χ3v) is 3.77. The maximum atomic E-state index is 12.9. The fourth-order valence-corrected chi connectivity index (χ4v) is 2.56. The molecule has 3 aromatic rings. The molecule has 0 amide bonds. The summed E-state index contributed by atoms with van der Waals surface area (Å²) in [5.74, 6) is -1.11. The van der Waals surface area contributed by atoms with E-state index in [-0.39, 0.29) is 23.5 Å². The molecule has 0 saturated carbocycles. The molecule has 0 atom stereocenters. The van der Waals surface area contributed by atoms with E-state index >= 15 is 0 Å². The third-order valence-electron chi connectivity index (χ3n) is 3.77. The second kappa shape index (κ2) is 7.61. The Morgan fingerprint density at radius 3 is 2.19 bits per heavy atom. The fraction of sp³-hybridized carbons (Fsp3) is 0.0952. The van der Waals surface area contributed by atoms with Gasteiger partial charge in [-0.15, -0.1) is 0 Å². The number of carbonyl (C=O) groups excluding carboxylic acids is 2. The van der Waals surface area contributed by atoms with Crippen molar-refractivity contribution >= 4 is 11.8 Å². The molecule has 1 aromatic heterocycles. The van der Waals surface area contributed by atoms with Crippen LogP contribution in [-0.4, -0.2) is 18.4 Å². The summed E-state index contributed by atoms with van der Waals surface area (Å²) >= 11 is 0. The van der Waals surface area contributed by atoms with Gasteiger partial charge in [-0.2, -0.15) is 0 Å². The maximum absolute atomic E-state index is 12.9. The molecule has 0 aliphatic carbocycles. The number of ketones is 1. The Kier molecular flexibility index (Phi) is 5.08. The van der Waals surface area contributed by atoms with Gasteiger partial charge in [0.25, 0.3) is 0 Å². The number of hydrogen-bond donors (Lipinski definition) is 0. The fourth-order valence-electron chi connectivity index (χ4n) is 2.56. The summed E-state index contributed by atoms with van der Waals surface area (Å²) in [5, 5.41) is 0. The number of carbonyl (C=O) groups is 2. The molecule has 0 N–H and O–H groups in total. The molecular formula is C21H16O5. The molecule has 5 nitrogen and oxygen atoms in total. The molecule has 1 heterocycles. The first-order chi connectivity index (χ1) is 12.6. The Morgan fingerprint density at radius 1 is 0.962 bits per heavy atom. The summed E-state index contributed by atoms with van der Waals surface area (Å²) in [4.78, 5) is 37.6. The first kappa shape index (κ1) is 17.4. The van der Waals surface area contributed by atoms with Gasteiger partial charge in [-0.05, 0) is 13.0 Å². The SMILES string of the molecule is CCOC(=O)c1c(C(=O)c2ccccc2)cc(-c2ccccc2)oc1=O. The van der Waals surface area contributed by atoms with Crippen LogP contribution in [-0.2, 0) is 4.74 Å². The van der Waals surface area contributed by atoms with Gasteiger partial charge in [0.15, 0.2) is 11.3 Å². The van der Waals surface area contributed by atoms with Crippen LogP contribution in [0.1, 0.15) is 33.2 Å². The van der Waals surface area contributed by atoms with Gasteiger partial charge in [-0.3, -0.25) is 4.79 Å². The Balaban J connectivity index is 2.21. The van der Waals surface area contributed by atoms with E-state index in [2.05, 4.69) is 0 Å². The lowest BCUT2D eigenvalue weighted by Gasteiger charge is -2.09. The quantitative estimate of drug-likeness (QED) is 0.519. The van der Waals surface area contributed by atoms with E-state index in [1.165, 1.54) is 6.07 Å². The molecule has 0 radical (unpaired) electrons. The first-order valence-electron chi connectivity index (χ1n) is 8.12. The van der Waals surface area contributed by atoms with E-state index in [4.69, 9.17) is 9.15 Å². The number of ether oxygens (including phenoxy) is 1. The predicted octanol–water partition coefficient (Wildman–Crippen LogP) is 3.71. The monoisotopic (exact) mass is 348 g/mol. The average Bonchev–Trinajstić information content (AvgIpc) is 2.68. The van der Waals surface area contributed by atoms with Crippen LogP contribution in [0.4, 0.5) is 0 Å². The molecule has 0 bridgehead atoms. The lowest BCUT2D eigenvalue weighted by atomic mass is 9.98. The highest BCUT2D eigenvalue weighted by atomic mass is 16.5. The smallest absolute Gasteiger partial charge is 0.351 e. The Bertz CT molecular complexity index is 988. The van der Waals surface area contributed by atoms with Crippen LogP contribution < -0.4 is 5.63 Å². The summed E-state index contributed by atoms with van der Waals surface area (Å²) in [7, 11) is 0. The zero-order valence-corrected chi connectivity index (χ0v) is 14.1. The van der Waals surface area contributed by atoms with Crippen molar-refractivity contribution in [2.24, 2.45) is 0 Å². The van der Waals surface area contributed by atoms with Crippen LogP contribution in [0.3, 0.4) is 0 Å². The van der Waals surface area contributed by atoms with E-state index in [1.807, 2.05) is 6.07 Å². The summed E-state index contributed by atoms with van der Waals surface area (Å²) in [6.07, 6.45) is 0. The summed E-state index contributed by atoms with van der Waals surface area (Å²) in [6.45, 7) is 1.70. The zero-order valence-electron chi connectivity index (χ0n) is 14.1. The van der Waals surface area contributed by atoms with Gasteiger partial charge in [0, 0.05) is 16.7 Å². The molecule has 0 aliphatic rings. The molecule has 130 valence electrons. The number of rotatable bonds is 5. The van der Waals surface area contributed by atoms with E-state index in [0.29, 0.717) is 11.1 Å². The Morgan fingerprint density at radius 2 is 1.58 bits per heavy atom. The van der Waals surface area contributed by atoms with Gasteiger partial charge in [0.1, 0.15) is 5.76 Å². The summed E-state index contributed by atoms with van der Waals surface area (Å²) in [6, 6.07) is 18.7. The van der Waals surface area contributed by atoms with Crippen LogP contribution in [0, 0.1) is 0 Å². The highest BCUT2D eigenvalue weighted by Crippen LogP contribution is 2.22. The van der Waals surface area contributed by atoms with E-state index in [0.717, 1.165) is 0 Å². The predicted molar refractivity (Wildman–Crippen MR) is 96.2 cm³/mol. The Labute approximate surface area is 149 Å². The van der Waals surface area contributed by atoms with Crippen LogP contribution in [0.25, 0.3) is 11.3 Å². The topological polar surface area (TPSA) is 73.6 Å². The second-order valence-corrected chi connectivity index (χ2v) is 5.47. The molecule has 3 rings (SSSR count). The molecule has 5 heteroatoms. The largest absolute Gasteiger partial charge is 0.462 e. The molecule has 0 aliphatic heterocycles. The molecule has 0 fully saturated rings. The highest BCUT2D eigenvalue weighted by molar-refractivity contribution is 6.14. The van der Waals surface area contributed by atoms with Crippen molar-refractivity contribution in [2.75, 3.05) is 6.61 Å². The molecule has 0 spiro atoms. The first-order valence-corrected chi connectivity index (χ1v) is 8.12.